The smallest absolute Gasteiger partial charge is 0.306 e. The number of morpholine rings is 1. The van der Waals surface area contributed by atoms with Crippen molar-refractivity contribution in [3.8, 4) is 0 Å². The lowest BCUT2D eigenvalue weighted by atomic mass is 10.1. The first-order valence-electron chi connectivity index (χ1n) is 9.29. The number of nitrogens with zero attached hydrogens (tertiary/aromatic N) is 3. The third-order valence-corrected chi connectivity index (χ3v) is 4.67. The van der Waals surface area contributed by atoms with Crippen LogP contribution in [0.4, 0.5) is 0 Å². The van der Waals surface area contributed by atoms with Gasteiger partial charge in [0.2, 0.25) is 0 Å². The first-order chi connectivity index (χ1) is 13.1. The molecule has 144 valence electrons. The molecule has 7 heteroatoms. The highest BCUT2D eigenvalue weighted by atomic mass is 16.5. The fourth-order valence-electron chi connectivity index (χ4n) is 3.37. The Morgan fingerprint density at radius 3 is 2.78 bits per heavy atom. The lowest BCUT2D eigenvalue weighted by Crippen LogP contribution is -2.46. The Bertz CT molecular complexity index is 788. The molecule has 1 aromatic carbocycles. The number of carbonyl (C=O) groups excluding carboxylic acids is 1. The van der Waals surface area contributed by atoms with Crippen molar-refractivity contribution in [2.75, 3.05) is 19.7 Å². The molecule has 0 bridgehead atoms. The Morgan fingerprint density at radius 2 is 2.07 bits per heavy atom. The van der Waals surface area contributed by atoms with Gasteiger partial charge in [0.1, 0.15) is 0 Å². The van der Waals surface area contributed by atoms with Gasteiger partial charge in [0.25, 0.3) is 5.91 Å². The van der Waals surface area contributed by atoms with E-state index < -0.39 is 12.1 Å². The standard InChI is InChI=1S/C20H25N3O4/c1-2-6-18-17(12-21-23(18)13-15-7-4-3-5-8-15)20(26)22-9-10-27-16(14-22)11-19(24)25/h3-5,7-8,12,16H,2,6,9-11,13-14H2,1H3,(H,24,25)/t16-/m1/s1. The highest BCUT2D eigenvalue weighted by Crippen LogP contribution is 2.18. The Labute approximate surface area is 158 Å². The van der Waals surface area contributed by atoms with E-state index in [2.05, 4.69) is 12.0 Å². The summed E-state index contributed by atoms with van der Waals surface area (Å²) in [7, 11) is 0. The minimum Gasteiger partial charge on any atom is -0.481 e. The van der Waals surface area contributed by atoms with Gasteiger partial charge in [-0.3, -0.25) is 14.3 Å². The molecule has 1 aliphatic heterocycles. The number of amides is 1. The van der Waals surface area contributed by atoms with Crippen molar-refractivity contribution >= 4 is 11.9 Å². The molecule has 1 amide bonds. The second-order valence-electron chi connectivity index (χ2n) is 6.74. The number of carboxylic acids is 1. The van der Waals surface area contributed by atoms with Gasteiger partial charge in [0.15, 0.2) is 0 Å². The Kier molecular flexibility index (Phi) is 6.24. The average molecular weight is 371 g/mol. The molecule has 1 atom stereocenters. The second-order valence-corrected chi connectivity index (χ2v) is 6.74. The molecule has 1 aliphatic rings. The maximum absolute atomic E-state index is 13.1. The molecule has 2 aromatic rings. The molecular formula is C20H25N3O4. The highest BCUT2D eigenvalue weighted by Gasteiger charge is 2.29. The Balaban J connectivity index is 1.78. The van der Waals surface area contributed by atoms with Gasteiger partial charge in [-0.2, -0.15) is 5.10 Å². The van der Waals surface area contributed by atoms with Crippen LogP contribution in [0.15, 0.2) is 36.5 Å². The van der Waals surface area contributed by atoms with E-state index in [1.165, 1.54) is 0 Å². The van der Waals surface area contributed by atoms with Gasteiger partial charge >= 0.3 is 5.97 Å². The van der Waals surface area contributed by atoms with Crippen molar-refractivity contribution in [2.45, 2.75) is 38.8 Å². The number of aliphatic carboxylic acids is 1. The van der Waals surface area contributed by atoms with Crippen molar-refractivity contribution in [1.29, 1.82) is 0 Å². The van der Waals surface area contributed by atoms with E-state index in [1.807, 2.05) is 35.0 Å². The molecule has 0 spiro atoms. The zero-order valence-corrected chi connectivity index (χ0v) is 15.5. The predicted octanol–water partition coefficient (Wildman–Crippen LogP) is 2.20. The van der Waals surface area contributed by atoms with Gasteiger partial charge < -0.3 is 14.7 Å². The summed E-state index contributed by atoms with van der Waals surface area (Å²) in [6, 6.07) is 10.0. The number of hydrogen-bond acceptors (Lipinski definition) is 4. The van der Waals surface area contributed by atoms with Gasteiger partial charge in [0, 0.05) is 13.1 Å². The second kappa shape index (κ2) is 8.81. The van der Waals surface area contributed by atoms with Crippen molar-refractivity contribution < 1.29 is 19.4 Å². The van der Waals surface area contributed by atoms with Crippen LogP contribution in [-0.4, -0.2) is 57.5 Å². The SMILES string of the molecule is CCCc1c(C(=O)N2CCO[C@H](CC(=O)O)C2)cnn1Cc1ccccc1. The number of carbonyl (C=O) groups is 2. The summed E-state index contributed by atoms with van der Waals surface area (Å²) in [5, 5.41) is 13.4. The van der Waals surface area contributed by atoms with E-state index in [-0.39, 0.29) is 12.3 Å². The third kappa shape index (κ3) is 4.74. The summed E-state index contributed by atoms with van der Waals surface area (Å²) in [5.41, 5.74) is 2.65. The number of rotatable bonds is 7. The molecule has 0 saturated carbocycles. The maximum atomic E-state index is 13.1. The molecule has 1 N–H and O–H groups in total. The number of carboxylic acid groups (broad SMARTS) is 1. The number of aromatic nitrogens is 2. The zero-order chi connectivity index (χ0) is 19.2. The van der Waals surface area contributed by atoms with Crippen LogP contribution >= 0.6 is 0 Å². The summed E-state index contributed by atoms with van der Waals surface area (Å²) >= 11 is 0. The first-order valence-corrected chi connectivity index (χ1v) is 9.29. The summed E-state index contributed by atoms with van der Waals surface area (Å²) < 4.78 is 7.36. The minimum atomic E-state index is -0.920. The fourth-order valence-corrected chi connectivity index (χ4v) is 3.37. The third-order valence-electron chi connectivity index (χ3n) is 4.67. The van der Waals surface area contributed by atoms with Gasteiger partial charge in [-0.05, 0) is 12.0 Å². The molecule has 1 aromatic heterocycles. The summed E-state index contributed by atoms with van der Waals surface area (Å²) in [5.74, 6) is -1.02. The summed E-state index contributed by atoms with van der Waals surface area (Å²) in [6.45, 7) is 3.80. The van der Waals surface area contributed by atoms with Crippen molar-refractivity contribution in [3.63, 3.8) is 0 Å². The molecule has 27 heavy (non-hydrogen) atoms. The van der Waals surface area contributed by atoms with Crippen molar-refractivity contribution in [2.24, 2.45) is 0 Å². The molecule has 3 rings (SSSR count). The van der Waals surface area contributed by atoms with E-state index >= 15 is 0 Å². The molecule has 0 radical (unpaired) electrons. The monoisotopic (exact) mass is 371 g/mol. The van der Waals surface area contributed by atoms with Crippen LogP contribution in [-0.2, 0) is 22.5 Å². The van der Waals surface area contributed by atoms with E-state index in [0.29, 0.717) is 31.8 Å². The molecule has 2 heterocycles. The average Bonchev–Trinajstić information content (AvgIpc) is 3.04. The Hall–Kier alpha value is -2.67. The van der Waals surface area contributed by atoms with E-state index in [4.69, 9.17) is 9.84 Å². The van der Waals surface area contributed by atoms with Gasteiger partial charge in [-0.25, -0.2) is 0 Å². The fraction of sp³-hybridized carbons (Fsp3) is 0.450. The molecular weight excluding hydrogens is 346 g/mol. The van der Waals surface area contributed by atoms with Crippen molar-refractivity contribution in [3.05, 3.63) is 53.3 Å². The van der Waals surface area contributed by atoms with Crippen molar-refractivity contribution in [1.82, 2.24) is 14.7 Å². The summed E-state index contributed by atoms with van der Waals surface area (Å²) in [4.78, 5) is 25.7. The lowest BCUT2D eigenvalue weighted by molar-refractivity contribution is -0.141. The quantitative estimate of drug-likeness (QED) is 0.807. The topological polar surface area (TPSA) is 84.7 Å². The van der Waals surface area contributed by atoms with Gasteiger partial charge in [-0.1, -0.05) is 43.7 Å². The molecule has 1 saturated heterocycles. The first kappa shape index (κ1) is 19.1. The van der Waals surface area contributed by atoms with E-state index in [0.717, 1.165) is 24.1 Å². The van der Waals surface area contributed by atoms with Crippen LogP contribution in [0, 0.1) is 0 Å². The zero-order valence-electron chi connectivity index (χ0n) is 15.5. The van der Waals surface area contributed by atoms with Crippen LogP contribution in [0.25, 0.3) is 0 Å². The van der Waals surface area contributed by atoms with E-state index in [9.17, 15) is 9.59 Å². The number of ether oxygens (including phenoxy) is 1. The predicted molar refractivity (Wildman–Crippen MR) is 99.7 cm³/mol. The summed E-state index contributed by atoms with van der Waals surface area (Å²) in [6.07, 6.45) is 2.74. The minimum absolute atomic E-state index is 0.0983. The maximum Gasteiger partial charge on any atom is 0.306 e. The van der Waals surface area contributed by atoms with Crippen LogP contribution in [0.1, 0.15) is 41.4 Å². The molecule has 1 fully saturated rings. The largest absolute Gasteiger partial charge is 0.481 e. The van der Waals surface area contributed by atoms with Crippen LogP contribution in [0.2, 0.25) is 0 Å². The van der Waals surface area contributed by atoms with Gasteiger partial charge in [0.05, 0.1) is 43.1 Å². The molecule has 7 nitrogen and oxygen atoms in total. The van der Waals surface area contributed by atoms with Crippen LogP contribution in [0.5, 0.6) is 0 Å². The number of benzene rings is 1. The lowest BCUT2D eigenvalue weighted by Gasteiger charge is -2.32. The van der Waals surface area contributed by atoms with Crippen LogP contribution < -0.4 is 0 Å². The normalized spacial score (nSPS) is 17.1. The molecule has 0 unspecified atom stereocenters. The van der Waals surface area contributed by atoms with Crippen LogP contribution in [0.3, 0.4) is 0 Å². The van der Waals surface area contributed by atoms with Gasteiger partial charge in [-0.15, -0.1) is 0 Å². The Morgan fingerprint density at radius 1 is 1.30 bits per heavy atom. The number of hydrogen-bond donors (Lipinski definition) is 1. The van der Waals surface area contributed by atoms with E-state index in [1.54, 1.807) is 11.1 Å². The molecule has 0 aliphatic carbocycles. The highest BCUT2D eigenvalue weighted by molar-refractivity contribution is 5.95.